The van der Waals surface area contributed by atoms with Gasteiger partial charge >= 0.3 is 6.03 Å². The van der Waals surface area contributed by atoms with E-state index >= 15 is 0 Å². The Balaban J connectivity index is 1.56. The lowest BCUT2D eigenvalue weighted by molar-refractivity contribution is 0.111. The number of aldehydes is 1. The van der Waals surface area contributed by atoms with Crippen molar-refractivity contribution in [1.82, 2.24) is 14.9 Å². The van der Waals surface area contributed by atoms with E-state index in [1.165, 1.54) is 17.4 Å². The first-order chi connectivity index (χ1) is 18.6. The average Bonchev–Trinajstić information content (AvgIpc) is 3.17. The SMILES string of the molecule is COCCNc1cc(NC(=O)N2CCCc3cc(CN4CC=COCC4=C=O)c(C=O)nc32)ncc1C#N. The van der Waals surface area contributed by atoms with E-state index < -0.39 is 6.03 Å². The molecule has 0 spiro atoms. The van der Waals surface area contributed by atoms with Crippen LogP contribution in [0.15, 0.2) is 36.4 Å². The second kappa shape index (κ2) is 12.5. The van der Waals surface area contributed by atoms with E-state index in [2.05, 4.69) is 26.7 Å². The summed E-state index contributed by atoms with van der Waals surface area (Å²) in [6.07, 6.45) is 6.72. The zero-order valence-electron chi connectivity index (χ0n) is 20.9. The standard InChI is InChI=1S/C26H27N7O5/c1-37-9-5-28-22-11-24(29-13-20(22)12-27)31-26(36)33-7-2-4-18-10-19(23(16-35)30-25(18)33)14-32-6-3-8-38-17-21(32)15-34/h3,8,10-11,13,16H,2,4-7,9,14,17H2,1H3,(H2,28,29,31,36). The Kier molecular flexibility index (Phi) is 8.66. The molecule has 12 nitrogen and oxygen atoms in total. The molecule has 2 aliphatic rings. The number of aromatic nitrogens is 2. The number of pyridine rings is 2. The van der Waals surface area contributed by atoms with Gasteiger partial charge in [-0.3, -0.25) is 15.0 Å². The molecule has 2 N–H and O–H groups in total. The summed E-state index contributed by atoms with van der Waals surface area (Å²) in [5, 5.41) is 15.2. The highest BCUT2D eigenvalue weighted by atomic mass is 16.5. The predicted molar refractivity (Wildman–Crippen MR) is 138 cm³/mol. The van der Waals surface area contributed by atoms with Gasteiger partial charge in [-0.1, -0.05) is 0 Å². The van der Waals surface area contributed by atoms with E-state index in [9.17, 15) is 19.6 Å². The van der Waals surface area contributed by atoms with Crippen molar-refractivity contribution >= 4 is 35.6 Å². The third-order valence-corrected chi connectivity index (χ3v) is 6.11. The largest absolute Gasteiger partial charge is 0.494 e. The zero-order chi connectivity index (χ0) is 26.9. The number of carbonyl (C=O) groups is 2. The summed E-state index contributed by atoms with van der Waals surface area (Å²) in [6.45, 7) is 2.12. The van der Waals surface area contributed by atoms with Crippen molar-refractivity contribution in [2.24, 2.45) is 0 Å². The summed E-state index contributed by atoms with van der Waals surface area (Å²) in [5.74, 6) is 2.57. The fraction of sp³-hybridized carbons (Fsp3) is 0.346. The molecule has 2 aromatic rings. The van der Waals surface area contributed by atoms with Gasteiger partial charge in [0.2, 0.25) is 0 Å². The number of nitrogens with one attached hydrogen (secondary N) is 2. The van der Waals surface area contributed by atoms with Gasteiger partial charge in [0.15, 0.2) is 6.29 Å². The molecule has 0 atom stereocenters. The molecule has 4 rings (SSSR count). The highest BCUT2D eigenvalue weighted by Crippen LogP contribution is 2.29. The number of ether oxygens (including phenoxy) is 2. The molecule has 0 unspecified atom stereocenters. The minimum atomic E-state index is -0.455. The minimum Gasteiger partial charge on any atom is -0.494 e. The van der Waals surface area contributed by atoms with E-state index in [0.717, 1.165) is 5.56 Å². The molecule has 0 aromatic carbocycles. The first kappa shape index (κ1) is 26.3. The van der Waals surface area contributed by atoms with Gasteiger partial charge in [0.1, 0.15) is 41.6 Å². The molecule has 0 saturated carbocycles. The number of carbonyl (C=O) groups excluding carboxylic acids is 3. The number of nitriles is 1. The topological polar surface area (TPSA) is 150 Å². The number of hydrogen-bond donors (Lipinski definition) is 2. The lowest BCUT2D eigenvalue weighted by atomic mass is 10.0. The summed E-state index contributed by atoms with van der Waals surface area (Å²) in [5.41, 5.74) is 2.86. The number of rotatable bonds is 8. The minimum absolute atomic E-state index is 0.0930. The molecule has 0 radical (unpaired) electrons. The van der Waals surface area contributed by atoms with Crippen LogP contribution in [-0.4, -0.2) is 73.1 Å². The molecule has 0 bridgehead atoms. The van der Waals surface area contributed by atoms with Crippen molar-refractivity contribution < 1.29 is 23.9 Å². The monoisotopic (exact) mass is 517 g/mol. The highest BCUT2D eigenvalue weighted by molar-refractivity contribution is 6.01. The van der Waals surface area contributed by atoms with Crippen LogP contribution in [0.3, 0.4) is 0 Å². The van der Waals surface area contributed by atoms with Crippen molar-refractivity contribution in [2.75, 3.05) is 55.5 Å². The molecule has 0 aliphatic carbocycles. The van der Waals surface area contributed by atoms with E-state index in [0.29, 0.717) is 73.7 Å². The summed E-state index contributed by atoms with van der Waals surface area (Å²) < 4.78 is 10.3. The van der Waals surface area contributed by atoms with Crippen LogP contribution in [0, 0.1) is 11.3 Å². The number of fused-ring (bicyclic) bond motifs is 1. The predicted octanol–water partition coefficient (Wildman–Crippen LogP) is 2.27. The fourth-order valence-corrected chi connectivity index (χ4v) is 4.23. The van der Waals surface area contributed by atoms with Gasteiger partial charge in [0.25, 0.3) is 0 Å². The molecule has 2 aliphatic heterocycles. The summed E-state index contributed by atoms with van der Waals surface area (Å²) in [6, 6.07) is 5.06. The van der Waals surface area contributed by atoms with Crippen LogP contribution in [-0.2, 0) is 27.2 Å². The highest BCUT2D eigenvalue weighted by Gasteiger charge is 2.27. The maximum atomic E-state index is 13.2. The Hall–Kier alpha value is -4.72. The van der Waals surface area contributed by atoms with Gasteiger partial charge in [-0.05, 0) is 30.5 Å². The summed E-state index contributed by atoms with van der Waals surface area (Å²) in [4.78, 5) is 48.6. The Labute approximate surface area is 219 Å². The van der Waals surface area contributed by atoms with Gasteiger partial charge in [0, 0.05) is 51.1 Å². The van der Waals surface area contributed by atoms with Crippen molar-refractivity contribution in [3.63, 3.8) is 0 Å². The number of aryl methyl sites for hydroxylation is 1. The van der Waals surface area contributed by atoms with E-state index in [1.54, 1.807) is 24.2 Å². The Morgan fingerprint density at radius 2 is 2.24 bits per heavy atom. The van der Waals surface area contributed by atoms with Crippen LogP contribution in [0.25, 0.3) is 0 Å². The number of methoxy groups -OCH3 is 1. The zero-order valence-corrected chi connectivity index (χ0v) is 20.9. The molecule has 2 amide bonds. The Morgan fingerprint density at radius 3 is 3.00 bits per heavy atom. The first-order valence-corrected chi connectivity index (χ1v) is 12.0. The molecule has 2 aromatic heterocycles. The Bertz CT molecular complexity index is 1330. The van der Waals surface area contributed by atoms with Gasteiger partial charge in [-0.2, -0.15) is 5.26 Å². The molecular weight excluding hydrogens is 490 g/mol. The molecule has 0 fully saturated rings. The fourth-order valence-electron chi connectivity index (χ4n) is 4.23. The average molecular weight is 518 g/mol. The van der Waals surface area contributed by atoms with Crippen molar-refractivity contribution in [2.45, 2.75) is 19.4 Å². The molecule has 196 valence electrons. The van der Waals surface area contributed by atoms with Crippen LogP contribution in [0.5, 0.6) is 0 Å². The second-order valence-corrected chi connectivity index (χ2v) is 8.58. The molecule has 4 heterocycles. The smallest absolute Gasteiger partial charge is 0.328 e. The maximum Gasteiger partial charge on any atom is 0.328 e. The van der Waals surface area contributed by atoms with Crippen LogP contribution >= 0.6 is 0 Å². The summed E-state index contributed by atoms with van der Waals surface area (Å²) >= 11 is 0. The van der Waals surface area contributed by atoms with Crippen molar-refractivity contribution in [1.29, 1.82) is 5.26 Å². The number of anilines is 3. The molecule has 0 saturated heterocycles. The lowest BCUT2D eigenvalue weighted by Crippen LogP contribution is -2.40. The van der Waals surface area contributed by atoms with Crippen LogP contribution in [0.2, 0.25) is 0 Å². The number of urea groups is 1. The van der Waals surface area contributed by atoms with Crippen molar-refractivity contribution in [3.05, 3.63) is 58.7 Å². The lowest BCUT2D eigenvalue weighted by Gasteiger charge is -2.30. The number of amides is 2. The first-order valence-electron chi connectivity index (χ1n) is 12.0. The summed E-state index contributed by atoms with van der Waals surface area (Å²) in [7, 11) is 1.58. The second-order valence-electron chi connectivity index (χ2n) is 8.58. The van der Waals surface area contributed by atoms with Gasteiger partial charge in [-0.25, -0.2) is 19.6 Å². The van der Waals surface area contributed by atoms with E-state index in [4.69, 9.17) is 9.47 Å². The van der Waals surface area contributed by atoms with E-state index in [-0.39, 0.29) is 24.7 Å². The molecular formula is C26H27N7O5. The van der Waals surface area contributed by atoms with E-state index in [1.807, 2.05) is 12.0 Å². The van der Waals surface area contributed by atoms with Crippen LogP contribution < -0.4 is 15.5 Å². The van der Waals surface area contributed by atoms with Gasteiger partial charge in [-0.15, -0.1) is 0 Å². The third-order valence-electron chi connectivity index (χ3n) is 6.11. The quantitative estimate of drug-likeness (QED) is 0.303. The van der Waals surface area contributed by atoms with Gasteiger partial charge in [0.05, 0.1) is 24.1 Å². The maximum absolute atomic E-state index is 13.2. The van der Waals surface area contributed by atoms with Crippen LogP contribution in [0.4, 0.5) is 22.1 Å². The number of nitrogens with zero attached hydrogens (tertiary/aromatic N) is 5. The van der Waals surface area contributed by atoms with Crippen LogP contribution in [0.1, 0.15) is 33.6 Å². The molecule has 12 heteroatoms. The molecule has 38 heavy (non-hydrogen) atoms. The van der Waals surface area contributed by atoms with Gasteiger partial charge < -0.3 is 19.7 Å². The third kappa shape index (κ3) is 5.98. The van der Waals surface area contributed by atoms with Crippen molar-refractivity contribution in [3.8, 4) is 6.07 Å². The number of hydrogen-bond acceptors (Lipinski definition) is 10. The normalized spacial score (nSPS) is 14.5. The Morgan fingerprint density at radius 1 is 1.37 bits per heavy atom.